The van der Waals surface area contributed by atoms with Gasteiger partial charge < -0.3 is 24.8 Å². The number of carbonyl (C=O) groups excluding carboxylic acids is 5. The maximum atomic E-state index is 12.0. The Labute approximate surface area is 202 Å². The van der Waals surface area contributed by atoms with Crippen LogP contribution in [0.15, 0.2) is 48.5 Å². The second-order valence-corrected chi connectivity index (χ2v) is 7.39. The van der Waals surface area contributed by atoms with Crippen LogP contribution in [0.1, 0.15) is 53.3 Å². The number of carbonyl (C=O) groups is 5. The topological polar surface area (TPSA) is 137 Å². The summed E-state index contributed by atoms with van der Waals surface area (Å²) in [6.45, 7) is 1.75. The molecule has 2 rings (SSSR count). The summed E-state index contributed by atoms with van der Waals surface area (Å²) in [4.78, 5) is 59.0. The summed E-state index contributed by atoms with van der Waals surface area (Å²) < 4.78 is 14.6. The third kappa shape index (κ3) is 9.66. The number of hydrogen-bond acceptors (Lipinski definition) is 8. The Balaban J connectivity index is 1.65. The molecular weight excluding hydrogens is 456 g/mol. The lowest BCUT2D eigenvalue weighted by molar-refractivity contribution is -0.147. The van der Waals surface area contributed by atoms with Crippen LogP contribution in [0.3, 0.4) is 0 Å². The molecule has 10 nitrogen and oxygen atoms in total. The summed E-state index contributed by atoms with van der Waals surface area (Å²) in [5.41, 5.74) is 1.67. The number of esters is 3. The number of nitrogens with one attached hydrogen (secondary N) is 2. The van der Waals surface area contributed by atoms with Crippen molar-refractivity contribution >= 4 is 41.1 Å². The molecule has 2 amide bonds. The molecule has 0 saturated carbocycles. The van der Waals surface area contributed by atoms with Crippen molar-refractivity contribution in [3.8, 4) is 0 Å². The SMILES string of the molecule is CCCOC(=O)c1ccc(NC(=O)COC(=O)CCCC(=O)Nc2ccc(C(=O)OC)cc2)cc1. The largest absolute Gasteiger partial charge is 0.465 e. The van der Waals surface area contributed by atoms with Gasteiger partial charge in [0.15, 0.2) is 6.61 Å². The lowest BCUT2D eigenvalue weighted by Crippen LogP contribution is -2.21. The van der Waals surface area contributed by atoms with Gasteiger partial charge in [-0.3, -0.25) is 14.4 Å². The molecule has 0 radical (unpaired) electrons. The maximum Gasteiger partial charge on any atom is 0.338 e. The van der Waals surface area contributed by atoms with Gasteiger partial charge in [-0.15, -0.1) is 0 Å². The monoisotopic (exact) mass is 484 g/mol. The zero-order chi connectivity index (χ0) is 25.6. The Hall–Kier alpha value is -4.21. The Bertz CT molecular complexity index is 1030. The van der Waals surface area contributed by atoms with Gasteiger partial charge in [0.1, 0.15) is 0 Å². The fraction of sp³-hybridized carbons (Fsp3) is 0.320. The van der Waals surface area contributed by atoms with Crippen molar-refractivity contribution in [1.82, 2.24) is 0 Å². The van der Waals surface area contributed by atoms with E-state index in [1.165, 1.54) is 31.4 Å². The molecule has 10 heteroatoms. The minimum Gasteiger partial charge on any atom is -0.465 e. The fourth-order valence-corrected chi connectivity index (χ4v) is 2.81. The predicted molar refractivity (Wildman–Crippen MR) is 127 cm³/mol. The second-order valence-electron chi connectivity index (χ2n) is 7.39. The first-order valence-corrected chi connectivity index (χ1v) is 11.0. The third-order valence-corrected chi connectivity index (χ3v) is 4.58. The van der Waals surface area contributed by atoms with Crippen LogP contribution in [0.5, 0.6) is 0 Å². The number of anilines is 2. The molecule has 35 heavy (non-hydrogen) atoms. The van der Waals surface area contributed by atoms with Crippen molar-refractivity contribution in [2.45, 2.75) is 32.6 Å². The molecular formula is C25H28N2O8. The zero-order valence-electron chi connectivity index (χ0n) is 19.6. The number of hydrogen-bond donors (Lipinski definition) is 2. The molecule has 0 bridgehead atoms. The average Bonchev–Trinajstić information content (AvgIpc) is 2.86. The van der Waals surface area contributed by atoms with Crippen molar-refractivity contribution in [2.24, 2.45) is 0 Å². The Morgan fingerprint density at radius 3 is 1.80 bits per heavy atom. The highest BCUT2D eigenvalue weighted by Gasteiger charge is 2.11. The van der Waals surface area contributed by atoms with E-state index in [1.807, 2.05) is 6.92 Å². The van der Waals surface area contributed by atoms with Crippen LogP contribution in [0.2, 0.25) is 0 Å². The van der Waals surface area contributed by atoms with E-state index in [0.717, 1.165) is 6.42 Å². The molecule has 2 N–H and O–H groups in total. The standard InChI is InChI=1S/C25H28N2O8/c1-3-15-34-25(32)18-9-13-20(14-10-18)27-22(29)16-35-23(30)6-4-5-21(28)26-19-11-7-17(8-12-19)24(31)33-2/h7-14H,3-6,15-16H2,1-2H3,(H,26,28)(H,27,29). The van der Waals surface area contributed by atoms with Crippen LogP contribution in [-0.4, -0.2) is 50.0 Å². The molecule has 0 spiro atoms. The van der Waals surface area contributed by atoms with E-state index in [-0.39, 0.29) is 25.2 Å². The van der Waals surface area contributed by atoms with Crippen LogP contribution in [0.25, 0.3) is 0 Å². The van der Waals surface area contributed by atoms with Gasteiger partial charge >= 0.3 is 17.9 Å². The van der Waals surface area contributed by atoms with Crippen LogP contribution < -0.4 is 10.6 Å². The van der Waals surface area contributed by atoms with Crippen molar-refractivity contribution in [3.05, 3.63) is 59.7 Å². The quantitative estimate of drug-likeness (QED) is 0.346. The summed E-state index contributed by atoms with van der Waals surface area (Å²) >= 11 is 0. The van der Waals surface area contributed by atoms with Gasteiger partial charge in [-0.2, -0.15) is 0 Å². The zero-order valence-corrected chi connectivity index (χ0v) is 19.6. The van der Waals surface area contributed by atoms with Gasteiger partial charge in [0.05, 0.1) is 24.8 Å². The van der Waals surface area contributed by atoms with Gasteiger partial charge in [-0.1, -0.05) is 6.92 Å². The minimum atomic E-state index is -0.607. The highest BCUT2D eigenvalue weighted by atomic mass is 16.5. The smallest absolute Gasteiger partial charge is 0.338 e. The normalized spacial score (nSPS) is 10.1. The first-order chi connectivity index (χ1) is 16.8. The molecule has 0 fully saturated rings. The van der Waals surface area contributed by atoms with Gasteiger partial charge in [-0.25, -0.2) is 9.59 Å². The van der Waals surface area contributed by atoms with Gasteiger partial charge in [0.25, 0.3) is 5.91 Å². The van der Waals surface area contributed by atoms with Crippen molar-refractivity contribution in [2.75, 3.05) is 31.0 Å². The molecule has 0 aromatic heterocycles. The van der Waals surface area contributed by atoms with Gasteiger partial charge in [0.2, 0.25) is 5.91 Å². The average molecular weight is 485 g/mol. The lowest BCUT2D eigenvalue weighted by atomic mass is 10.2. The summed E-state index contributed by atoms with van der Waals surface area (Å²) in [5.74, 6) is -2.36. The van der Waals surface area contributed by atoms with E-state index in [9.17, 15) is 24.0 Å². The van der Waals surface area contributed by atoms with Crippen LogP contribution >= 0.6 is 0 Å². The van der Waals surface area contributed by atoms with Crippen LogP contribution in [-0.2, 0) is 28.6 Å². The second kappa shape index (κ2) is 14.1. The summed E-state index contributed by atoms with van der Waals surface area (Å²) in [7, 11) is 1.28. The molecule has 0 saturated heterocycles. The number of methoxy groups -OCH3 is 1. The number of ether oxygens (including phenoxy) is 3. The summed E-state index contributed by atoms with van der Waals surface area (Å²) in [5, 5.41) is 5.22. The van der Waals surface area contributed by atoms with E-state index in [1.54, 1.807) is 24.3 Å². The highest BCUT2D eigenvalue weighted by Crippen LogP contribution is 2.12. The van der Waals surface area contributed by atoms with Crippen LogP contribution in [0.4, 0.5) is 11.4 Å². The molecule has 0 unspecified atom stereocenters. The van der Waals surface area contributed by atoms with E-state index < -0.39 is 30.4 Å². The lowest BCUT2D eigenvalue weighted by Gasteiger charge is -2.08. The van der Waals surface area contributed by atoms with E-state index in [0.29, 0.717) is 29.1 Å². The van der Waals surface area contributed by atoms with E-state index in [2.05, 4.69) is 15.4 Å². The maximum absolute atomic E-state index is 12.0. The Morgan fingerprint density at radius 2 is 1.26 bits per heavy atom. The van der Waals surface area contributed by atoms with E-state index in [4.69, 9.17) is 9.47 Å². The summed E-state index contributed by atoms with van der Waals surface area (Å²) in [6, 6.07) is 12.3. The summed E-state index contributed by atoms with van der Waals surface area (Å²) in [6.07, 6.45) is 1.01. The molecule has 2 aromatic rings. The van der Waals surface area contributed by atoms with Gasteiger partial charge in [0, 0.05) is 24.2 Å². The molecule has 186 valence electrons. The number of benzene rings is 2. The third-order valence-electron chi connectivity index (χ3n) is 4.58. The first-order valence-electron chi connectivity index (χ1n) is 11.0. The Morgan fingerprint density at radius 1 is 0.714 bits per heavy atom. The number of amides is 2. The molecule has 2 aromatic carbocycles. The van der Waals surface area contributed by atoms with E-state index >= 15 is 0 Å². The van der Waals surface area contributed by atoms with Crippen molar-refractivity contribution in [1.29, 1.82) is 0 Å². The molecule has 0 aliphatic heterocycles. The van der Waals surface area contributed by atoms with Crippen LogP contribution in [0, 0.1) is 0 Å². The van der Waals surface area contributed by atoms with Crippen molar-refractivity contribution < 1.29 is 38.2 Å². The fourth-order valence-electron chi connectivity index (χ4n) is 2.81. The van der Waals surface area contributed by atoms with Gasteiger partial charge in [-0.05, 0) is 61.4 Å². The minimum absolute atomic E-state index is 0.0312. The Kier molecular flexibility index (Phi) is 10.9. The molecule has 0 heterocycles. The molecule has 0 atom stereocenters. The number of rotatable bonds is 12. The first kappa shape index (κ1) is 27.0. The highest BCUT2D eigenvalue weighted by molar-refractivity contribution is 5.95. The molecule has 0 aliphatic rings. The predicted octanol–water partition coefficient (Wildman–Crippen LogP) is 3.33. The molecule has 0 aliphatic carbocycles. The van der Waals surface area contributed by atoms with Crippen molar-refractivity contribution in [3.63, 3.8) is 0 Å².